The van der Waals surface area contributed by atoms with E-state index in [1.54, 1.807) is 6.33 Å². The number of aromatic nitrogens is 2. The fraction of sp³-hybridized carbons (Fsp3) is 0.778. The van der Waals surface area contributed by atoms with E-state index in [0.717, 1.165) is 48.2 Å². The Morgan fingerprint density at radius 1 is 1.14 bits per heavy atom. The van der Waals surface area contributed by atoms with Gasteiger partial charge in [0, 0.05) is 30.3 Å². The molecule has 5 aliphatic rings. The lowest BCUT2D eigenvalue weighted by atomic mass is 9.52. The minimum absolute atomic E-state index is 0.178. The van der Waals surface area contributed by atoms with Gasteiger partial charge in [0.15, 0.2) is 0 Å². The van der Waals surface area contributed by atoms with Gasteiger partial charge in [0.1, 0.15) is 0 Å². The second-order valence-corrected chi connectivity index (χ2v) is 8.30. The van der Waals surface area contributed by atoms with Crippen LogP contribution in [0.1, 0.15) is 50.1 Å². The number of H-pyrrole nitrogens is 1. The van der Waals surface area contributed by atoms with E-state index >= 15 is 0 Å². The average molecular weight is 299 g/mol. The zero-order valence-corrected chi connectivity index (χ0v) is 13.0. The summed E-state index contributed by atoms with van der Waals surface area (Å²) in [7, 11) is 0. The number of nitrogens with zero attached hydrogens (tertiary/aromatic N) is 1. The molecule has 1 heterocycles. The number of carbonyl (C=O) groups excluding carboxylic acids is 1. The van der Waals surface area contributed by atoms with E-state index in [-0.39, 0.29) is 11.8 Å². The fourth-order valence-electron chi connectivity index (χ4n) is 6.02. The van der Waals surface area contributed by atoms with Gasteiger partial charge < -0.3 is 10.3 Å². The van der Waals surface area contributed by atoms with E-state index in [9.17, 15) is 4.79 Å². The molecular weight excluding hydrogens is 274 g/mol. The van der Waals surface area contributed by atoms with E-state index in [1.165, 1.54) is 32.1 Å². The first-order chi connectivity index (χ1) is 10.8. The molecule has 0 unspecified atom stereocenters. The monoisotopic (exact) mass is 299 g/mol. The molecule has 1 aromatic rings. The Kier molecular flexibility index (Phi) is 2.89. The van der Waals surface area contributed by atoms with Crippen molar-refractivity contribution in [3.05, 3.63) is 18.2 Å². The molecule has 0 radical (unpaired) electrons. The molecular formula is C18H25N3O. The highest BCUT2D eigenvalue weighted by molar-refractivity contribution is 5.82. The number of nitrogens with one attached hydrogen (secondary N) is 2. The Hall–Kier alpha value is -1.32. The van der Waals surface area contributed by atoms with Gasteiger partial charge in [0.25, 0.3) is 0 Å². The highest BCUT2D eigenvalue weighted by Gasteiger charge is 2.49. The van der Waals surface area contributed by atoms with E-state index in [0.29, 0.717) is 5.92 Å². The number of imidazole rings is 1. The lowest BCUT2D eigenvalue weighted by molar-refractivity contribution is -0.123. The predicted octanol–water partition coefficient (Wildman–Crippen LogP) is 2.70. The Morgan fingerprint density at radius 3 is 2.50 bits per heavy atom. The first-order valence-corrected chi connectivity index (χ1v) is 9.04. The molecule has 4 nitrogen and oxygen atoms in total. The quantitative estimate of drug-likeness (QED) is 0.898. The van der Waals surface area contributed by atoms with Crippen molar-refractivity contribution in [3.63, 3.8) is 0 Å². The van der Waals surface area contributed by atoms with Crippen LogP contribution in [-0.4, -0.2) is 22.4 Å². The van der Waals surface area contributed by atoms with Gasteiger partial charge in [-0.2, -0.15) is 0 Å². The zero-order chi connectivity index (χ0) is 14.7. The second-order valence-electron chi connectivity index (χ2n) is 8.30. The molecule has 4 bridgehead atoms. The largest absolute Gasteiger partial charge is 0.356 e. The maximum absolute atomic E-state index is 12.4. The molecule has 1 aromatic heterocycles. The number of hydrogen-bond donors (Lipinski definition) is 2. The summed E-state index contributed by atoms with van der Waals surface area (Å²) in [6, 6.07) is 0. The SMILES string of the molecule is O=C(NCC1C2CC3CC(C2)CC1C3)[C@@H]1C[C@@H]1c1cnc[nH]1. The average Bonchev–Trinajstić information content (AvgIpc) is 3.11. The van der Waals surface area contributed by atoms with Crippen LogP contribution in [0.4, 0.5) is 0 Å². The van der Waals surface area contributed by atoms with Crippen LogP contribution in [0.15, 0.2) is 12.5 Å². The Bertz CT molecular complexity index is 539. The van der Waals surface area contributed by atoms with E-state index < -0.39 is 0 Å². The summed E-state index contributed by atoms with van der Waals surface area (Å²) in [5.74, 6) is 5.43. The van der Waals surface area contributed by atoms with Gasteiger partial charge in [-0.3, -0.25) is 4.79 Å². The molecule has 1 amide bonds. The van der Waals surface area contributed by atoms with Gasteiger partial charge in [0.05, 0.1) is 6.33 Å². The summed E-state index contributed by atoms with van der Waals surface area (Å²) < 4.78 is 0. The van der Waals surface area contributed by atoms with Gasteiger partial charge in [-0.25, -0.2) is 4.98 Å². The number of aromatic amines is 1. The summed E-state index contributed by atoms with van der Waals surface area (Å²) in [6.07, 6.45) is 11.8. The van der Waals surface area contributed by atoms with Gasteiger partial charge in [-0.05, 0) is 68.1 Å². The van der Waals surface area contributed by atoms with Gasteiger partial charge in [-0.15, -0.1) is 0 Å². The molecule has 5 aliphatic carbocycles. The van der Waals surface area contributed by atoms with E-state index in [1.807, 2.05) is 6.20 Å². The number of hydrogen-bond acceptors (Lipinski definition) is 2. The van der Waals surface area contributed by atoms with E-state index in [4.69, 9.17) is 0 Å². The summed E-state index contributed by atoms with van der Waals surface area (Å²) >= 11 is 0. The summed E-state index contributed by atoms with van der Waals surface area (Å²) in [6.45, 7) is 0.930. The Balaban J connectivity index is 1.17. The highest BCUT2D eigenvalue weighted by Crippen LogP contribution is 2.56. The highest BCUT2D eigenvalue weighted by atomic mass is 16.2. The van der Waals surface area contributed by atoms with Crippen LogP contribution in [0.3, 0.4) is 0 Å². The molecule has 0 aromatic carbocycles. The molecule has 6 rings (SSSR count). The van der Waals surface area contributed by atoms with Crippen molar-refractivity contribution in [1.29, 1.82) is 0 Å². The molecule has 5 saturated carbocycles. The summed E-state index contributed by atoms with van der Waals surface area (Å²) in [5, 5.41) is 3.29. The van der Waals surface area contributed by atoms with Crippen LogP contribution in [0.2, 0.25) is 0 Å². The van der Waals surface area contributed by atoms with Crippen molar-refractivity contribution < 1.29 is 4.79 Å². The molecule has 4 heteroatoms. The fourth-order valence-corrected chi connectivity index (χ4v) is 6.02. The standard InChI is InChI=1S/C18H25N3O/c22-18(15-6-14(15)17-8-19-9-21-17)20-7-16-12-2-10-1-11(4-12)5-13(16)3-10/h8-16H,1-7H2,(H,19,21)(H,20,22)/t10?,11?,12?,13?,14-,15+,16?/m0/s1. The Labute approximate surface area is 131 Å². The molecule has 118 valence electrons. The number of amides is 1. The summed E-state index contributed by atoms with van der Waals surface area (Å²) in [5.41, 5.74) is 1.12. The van der Waals surface area contributed by atoms with Crippen LogP contribution < -0.4 is 5.32 Å². The summed E-state index contributed by atoms with van der Waals surface area (Å²) in [4.78, 5) is 19.6. The van der Waals surface area contributed by atoms with Crippen molar-refractivity contribution in [1.82, 2.24) is 15.3 Å². The van der Waals surface area contributed by atoms with Gasteiger partial charge in [-0.1, -0.05) is 0 Å². The van der Waals surface area contributed by atoms with Crippen molar-refractivity contribution in [2.24, 2.45) is 35.5 Å². The maximum Gasteiger partial charge on any atom is 0.223 e. The number of rotatable bonds is 4. The Morgan fingerprint density at radius 2 is 1.86 bits per heavy atom. The van der Waals surface area contributed by atoms with Crippen LogP contribution in [0.5, 0.6) is 0 Å². The third-order valence-corrected chi connectivity index (χ3v) is 6.98. The molecule has 0 aliphatic heterocycles. The lowest BCUT2D eigenvalue weighted by Gasteiger charge is -2.54. The van der Waals surface area contributed by atoms with Crippen LogP contribution >= 0.6 is 0 Å². The third-order valence-electron chi connectivity index (χ3n) is 6.98. The molecule has 0 spiro atoms. The van der Waals surface area contributed by atoms with Gasteiger partial charge >= 0.3 is 0 Å². The van der Waals surface area contributed by atoms with E-state index in [2.05, 4.69) is 15.3 Å². The first-order valence-electron chi connectivity index (χ1n) is 9.04. The molecule has 2 N–H and O–H groups in total. The first kappa shape index (κ1) is 13.1. The number of carbonyl (C=O) groups is 1. The minimum Gasteiger partial charge on any atom is -0.356 e. The molecule has 5 fully saturated rings. The maximum atomic E-state index is 12.4. The topological polar surface area (TPSA) is 57.8 Å². The molecule has 2 atom stereocenters. The van der Waals surface area contributed by atoms with Crippen molar-refractivity contribution in [2.45, 2.75) is 44.4 Å². The predicted molar refractivity (Wildman–Crippen MR) is 83.0 cm³/mol. The molecule has 22 heavy (non-hydrogen) atoms. The normalized spacial score (nSPS) is 45.0. The minimum atomic E-state index is 0.178. The molecule has 0 saturated heterocycles. The van der Waals surface area contributed by atoms with Crippen molar-refractivity contribution in [2.75, 3.05) is 6.54 Å². The lowest BCUT2D eigenvalue weighted by Crippen LogP contribution is -2.49. The van der Waals surface area contributed by atoms with Crippen LogP contribution in [0.25, 0.3) is 0 Å². The van der Waals surface area contributed by atoms with Crippen LogP contribution in [0, 0.1) is 35.5 Å². The van der Waals surface area contributed by atoms with Crippen molar-refractivity contribution in [3.8, 4) is 0 Å². The van der Waals surface area contributed by atoms with Crippen LogP contribution in [-0.2, 0) is 4.79 Å². The smallest absolute Gasteiger partial charge is 0.223 e. The third kappa shape index (κ3) is 2.10. The van der Waals surface area contributed by atoms with Crippen molar-refractivity contribution >= 4 is 5.91 Å². The van der Waals surface area contributed by atoms with Gasteiger partial charge in [0.2, 0.25) is 5.91 Å². The zero-order valence-electron chi connectivity index (χ0n) is 13.0. The second kappa shape index (κ2) is 4.84.